The second kappa shape index (κ2) is 11.9. The van der Waals surface area contributed by atoms with Gasteiger partial charge in [0.05, 0.1) is 12.6 Å². The monoisotopic (exact) mass is 547 g/mol. The molecule has 1 aliphatic heterocycles. The topological polar surface area (TPSA) is 147 Å². The van der Waals surface area contributed by atoms with Crippen molar-refractivity contribution >= 4 is 21.8 Å². The molecule has 0 amide bonds. The first-order chi connectivity index (χ1) is 17.4. The number of alkyl halides is 3. The molecular weight excluding hydrogens is 515 g/mol. The van der Waals surface area contributed by atoms with Crippen molar-refractivity contribution in [1.82, 2.24) is 24.6 Å². The van der Waals surface area contributed by atoms with Gasteiger partial charge in [-0.15, -0.1) is 0 Å². The fraction of sp³-hybridized carbons (Fsp3) is 0.591. The van der Waals surface area contributed by atoms with Crippen molar-refractivity contribution in [3.8, 4) is 0 Å². The average molecular weight is 548 g/mol. The Morgan fingerprint density at radius 1 is 1.16 bits per heavy atom. The lowest BCUT2D eigenvalue weighted by Crippen LogP contribution is -2.58. The molecule has 2 unspecified atom stereocenters. The Morgan fingerprint density at radius 2 is 1.86 bits per heavy atom. The fourth-order valence-corrected chi connectivity index (χ4v) is 5.13. The number of piperazine rings is 1. The highest BCUT2D eigenvalue weighted by molar-refractivity contribution is 7.89. The summed E-state index contributed by atoms with van der Waals surface area (Å²) in [5.74, 6) is 0.322. The summed E-state index contributed by atoms with van der Waals surface area (Å²) >= 11 is 0. The van der Waals surface area contributed by atoms with E-state index in [-0.39, 0.29) is 36.3 Å². The molecule has 1 aliphatic rings. The lowest BCUT2D eigenvalue weighted by Gasteiger charge is -2.41. The predicted molar refractivity (Wildman–Crippen MR) is 130 cm³/mol. The van der Waals surface area contributed by atoms with Gasteiger partial charge in [0.1, 0.15) is 10.7 Å². The maximum atomic E-state index is 13.2. The summed E-state index contributed by atoms with van der Waals surface area (Å²) in [7, 11) is -3.87. The largest absolute Gasteiger partial charge is 0.421 e. The van der Waals surface area contributed by atoms with Crippen molar-refractivity contribution in [1.29, 1.82) is 0 Å². The molecule has 4 N–H and O–H groups in total. The van der Waals surface area contributed by atoms with Gasteiger partial charge in [-0.3, -0.25) is 0 Å². The van der Waals surface area contributed by atoms with E-state index in [9.17, 15) is 26.7 Å². The van der Waals surface area contributed by atoms with Crippen LogP contribution in [0.3, 0.4) is 0 Å². The SMILES string of the molecule is CCCOCCNCC1CN(S(=O)(=O)c2ccc(N)nc2)CCN1c1ncc(C(C)(O)C(F)(F)F)cn1. The molecule has 11 nitrogen and oxygen atoms in total. The van der Waals surface area contributed by atoms with E-state index in [0.29, 0.717) is 33.2 Å². The highest BCUT2D eigenvalue weighted by Crippen LogP contribution is 2.38. The number of aromatic nitrogens is 3. The van der Waals surface area contributed by atoms with E-state index >= 15 is 0 Å². The standard InChI is InChI=1S/C22H32F3N7O4S/c1-3-9-36-10-6-27-13-17-15-31(37(34,35)18-4-5-19(26)28-14-18)7-8-32(17)20-29-11-16(12-30-20)21(2,33)22(23,24)25/h4-5,11-12,14,17,27,33H,3,6-10,13,15H2,1-2H3,(H2,26,28). The number of hydrogen-bond acceptors (Lipinski definition) is 10. The molecule has 0 saturated carbocycles. The molecular formula is C22H32F3N7O4S. The Labute approximate surface area is 213 Å². The fourth-order valence-electron chi connectivity index (χ4n) is 3.72. The lowest BCUT2D eigenvalue weighted by atomic mass is 9.99. The molecule has 0 radical (unpaired) electrons. The minimum Gasteiger partial charge on any atom is -0.384 e. The van der Waals surface area contributed by atoms with Crippen molar-refractivity contribution in [2.75, 3.05) is 56.6 Å². The number of ether oxygens (including phenoxy) is 1. The first-order valence-corrected chi connectivity index (χ1v) is 13.2. The molecule has 206 valence electrons. The lowest BCUT2D eigenvalue weighted by molar-refractivity contribution is -0.259. The van der Waals surface area contributed by atoms with Crippen molar-refractivity contribution in [3.63, 3.8) is 0 Å². The smallest absolute Gasteiger partial charge is 0.384 e. The zero-order chi connectivity index (χ0) is 27.3. The maximum Gasteiger partial charge on any atom is 0.421 e. The minimum absolute atomic E-state index is 0.00445. The Bertz CT molecular complexity index is 1120. The summed E-state index contributed by atoms with van der Waals surface area (Å²) in [5, 5.41) is 13.1. The zero-order valence-corrected chi connectivity index (χ0v) is 21.5. The zero-order valence-electron chi connectivity index (χ0n) is 20.6. The molecule has 3 heterocycles. The van der Waals surface area contributed by atoms with Crippen LogP contribution in [-0.2, 0) is 20.4 Å². The Morgan fingerprint density at radius 3 is 2.46 bits per heavy atom. The molecule has 2 atom stereocenters. The Kier molecular flexibility index (Phi) is 9.28. The summed E-state index contributed by atoms with van der Waals surface area (Å²) in [6, 6.07) is 2.35. The molecule has 15 heteroatoms. The number of nitrogens with zero attached hydrogens (tertiary/aromatic N) is 5. The van der Waals surface area contributed by atoms with Crippen LogP contribution in [0.25, 0.3) is 0 Å². The van der Waals surface area contributed by atoms with Crippen molar-refractivity contribution in [2.24, 2.45) is 0 Å². The second-order valence-corrected chi connectivity index (χ2v) is 10.7. The minimum atomic E-state index is -4.90. The number of halogens is 3. The number of sulfonamides is 1. The highest BCUT2D eigenvalue weighted by Gasteiger charge is 2.51. The van der Waals surface area contributed by atoms with Crippen LogP contribution in [0.4, 0.5) is 24.9 Å². The van der Waals surface area contributed by atoms with Gasteiger partial charge in [-0.2, -0.15) is 17.5 Å². The maximum absolute atomic E-state index is 13.2. The van der Waals surface area contributed by atoms with Gasteiger partial charge in [0.25, 0.3) is 0 Å². The molecule has 0 bridgehead atoms. The number of nitrogen functional groups attached to an aromatic ring is 1. The molecule has 1 saturated heterocycles. The quantitative estimate of drug-likeness (QED) is 0.350. The van der Waals surface area contributed by atoms with Crippen LogP contribution in [0.15, 0.2) is 35.6 Å². The number of nitrogens with one attached hydrogen (secondary N) is 1. The van der Waals surface area contributed by atoms with Crippen LogP contribution >= 0.6 is 0 Å². The van der Waals surface area contributed by atoms with E-state index in [1.165, 1.54) is 22.6 Å². The summed E-state index contributed by atoms with van der Waals surface area (Å²) in [4.78, 5) is 13.7. The van der Waals surface area contributed by atoms with E-state index in [0.717, 1.165) is 18.8 Å². The number of aliphatic hydroxyl groups is 1. The van der Waals surface area contributed by atoms with E-state index in [1.807, 2.05) is 6.92 Å². The first-order valence-electron chi connectivity index (χ1n) is 11.8. The van der Waals surface area contributed by atoms with Crippen LogP contribution in [-0.4, -0.2) is 90.9 Å². The molecule has 2 aromatic rings. The number of pyridine rings is 1. The Hall–Kier alpha value is -2.59. The van der Waals surface area contributed by atoms with Crippen LogP contribution in [0.1, 0.15) is 25.8 Å². The third-order valence-corrected chi connectivity index (χ3v) is 7.85. The third kappa shape index (κ3) is 6.84. The summed E-state index contributed by atoms with van der Waals surface area (Å²) in [5.41, 5.74) is 1.97. The summed E-state index contributed by atoms with van der Waals surface area (Å²) < 4.78 is 72.8. The van der Waals surface area contributed by atoms with Gasteiger partial charge >= 0.3 is 6.18 Å². The molecule has 37 heavy (non-hydrogen) atoms. The number of anilines is 2. The van der Waals surface area contributed by atoms with Crippen LogP contribution in [0, 0.1) is 0 Å². The van der Waals surface area contributed by atoms with Crippen molar-refractivity contribution in [3.05, 3.63) is 36.3 Å². The normalized spacial score (nSPS) is 19.1. The first kappa shape index (κ1) is 29.0. The molecule has 0 aromatic carbocycles. The van der Waals surface area contributed by atoms with Crippen LogP contribution < -0.4 is 16.0 Å². The van der Waals surface area contributed by atoms with Gasteiger partial charge in [-0.1, -0.05) is 6.92 Å². The molecule has 2 aromatic heterocycles. The van der Waals surface area contributed by atoms with E-state index < -0.39 is 33.4 Å². The summed E-state index contributed by atoms with van der Waals surface area (Å²) in [6.07, 6.45) is -0.952. The van der Waals surface area contributed by atoms with Gasteiger partial charge in [-0.05, 0) is 25.5 Å². The van der Waals surface area contributed by atoms with Gasteiger partial charge in [0, 0.05) is 63.5 Å². The molecule has 1 fully saturated rings. The van der Waals surface area contributed by atoms with Gasteiger partial charge < -0.3 is 25.8 Å². The van der Waals surface area contributed by atoms with Crippen LogP contribution in [0.2, 0.25) is 0 Å². The number of hydrogen-bond donors (Lipinski definition) is 3. The van der Waals surface area contributed by atoms with E-state index in [2.05, 4.69) is 20.3 Å². The second-order valence-electron chi connectivity index (χ2n) is 8.79. The van der Waals surface area contributed by atoms with Gasteiger partial charge in [0.15, 0.2) is 5.60 Å². The van der Waals surface area contributed by atoms with Crippen molar-refractivity contribution < 1.29 is 31.4 Å². The predicted octanol–water partition coefficient (Wildman–Crippen LogP) is 1.12. The third-order valence-electron chi connectivity index (χ3n) is 6.00. The number of rotatable bonds is 11. The van der Waals surface area contributed by atoms with Crippen molar-refractivity contribution in [2.45, 2.75) is 43.0 Å². The summed E-state index contributed by atoms with van der Waals surface area (Å²) in [6.45, 7) is 4.94. The molecule has 0 aliphatic carbocycles. The van der Waals surface area contributed by atoms with E-state index in [1.54, 1.807) is 4.90 Å². The van der Waals surface area contributed by atoms with Gasteiger partial charge in [0.2, 0.25) is 16.0 Å². The van der Waals surface area contributed by atoms with E-state index in [4.69, 9.17) is 10.5 Å². The average Bonchev–Trinajstić information content (AvgIpc) is 2.85. The van der Waals surface area contributed by atoms with Gasteiger partial charge in [-0.25, -0.2) is 23.4 Å². The Balaban J connectivity index is 1.79. The number of nitrogens with two attached hydrogens (primary N) is 1. The molecule has 3 rings (SSSR count). The van der Waals surface area contributed by atoms with Crippen LogP contribution in [0.5, 0.6) is 0 Å². The highest BCUT2D eigenvalue weighted by atomic mass is 32.2. The molecule has 0 spiro atoms.